The van der Waals surface area contributed by atoms with E-state index in [0.29, 0.717) is 6.61 Å². The molecule has 0 aliphatic carbocycles. The van der Waals surface area contributed by atoms with Crippen LogP contribution in [0.15, 0.2) is 24.4 Å². The minimum atomic E-state index is -0.202. The second-order valence-corrected chi connectivity index (χ2v) is 4.02. The average molecular weight is 192 g/mol. The Morgan fingerprint density at radius 3 is 3.07 bits per heavy atom. The van der Waals surface area contributed by atoms with Crippen LogP contribution in [0.1, 0.15) is 18.5 Å². The molecule has 1 aromatic rings. The van der Waals surface area contributed by atoms with Crippen LogP contribution < -0.4 is 5.73 Å². The number of ether oxygens (including phenoxy) is 1. The molecule has 1 aromatic heterocycles. The molecule has 3 nitrogen and oxygen atoms in total. The third kappa shape index (κ3) is 2.30. The number of rotatable bonds is 2. The van der Waals surface area contributed by atoms with E-state index in [2.05, 4.69) is 4.98 Å². The molecule has 2 N–H and O–H groups in total. The second kappa shape index (κ2) is 4.07. The Labute approximate surface area is 84.3 Å². The number of hydrogen-bond acceptors (Lipinski definition) is 3. The van der Waals surface area contributed by atoms with Crippen LogP contribution in [0.2, 0.25) is 0 Å². The summed E-state index contributed by atoms with van der Waals surface area (Å²) < 4.78 is 5.40. The van der Waals surface area contributed by atoms with Gasteiger partial charge >= 0.3 is 0 Å². The Hall–Kier alpha value is -0.930. The summed E-state index contributed by atoms with van der Waals surface area (Å²) in [5.41, 5.74) is 7.08. The summed E-state index contributed by atoms with van der Waals surface area (Å²) in [5, 5.41) is 0. The minimum absolute atomic E-state index is 0.202. The monoisotopic (exact) mass is 192 g/mol. The Kier molecular flexibility index (Phi) is 2.79. The highest BCUT2D eigenvalue weighted by molar-refractivity contribution is 5.08. The molecule has 0 aromatic carbocycles. The van der Waals surface area contributed by atoms with Crippen LogP contribution in [0.5, 0.6) is 0 Å². The molecule has 1 aliphatic heterocycles. The first-order chi connectivity index (χ1) is 6.79. The van der Waals surface area contributed by atoms with Crippen molar-refractivity contribution < 1.29 is 4.74 Å². The fraction of sp³-hybridized carbons (Fsp3) is 0.545. The zero-order chi connectivity index (χ0) is 9.86. The molecule has 14 heavy (non-hydrogen) atoms. The van der Waals surface area contributed by atoms with Gasteiger partial charge in [0.1, 0.15) is 0 Å². The van der Waals surface area contributed by atoms with Gasteiger partial charge in [-0.3, -0.25) is 4.98 Å². The van der Waals surface area contributed by atoms with Gasteiger partial charge < -0.3 is 10.5 Å². The first kappa shape index (κ1) is 9.62. The fourth-order valence-corrected chi connectivity index (χ4v) is 1.88. The SMILES string of the molecule is NC1(Cc2ccccn2)CCCOC1. The van der Waals surface area contributed by atoms with E-state index in [1.807, 2.05) is 24.4 Å². The maximum atomic E-state index is 6.23. The van der Waals surface area contributed by atoms with Gasteiger partial charge in [-0.05, 0) is 25.0 Å². The first-order valence-corrected chi connectivity index (χ1v) is 5.05. The van der Waals surface area contributed by atoms with Crippen LogP contribution in [-0.2, 0) is 11.2 Å². The van der Waals surface area contributed by atoms with Crippen molar-refractivity contribution in [2.24, 2.45) is 5.73 Å². The molecule has 2 rings (SSSR count). The van der Waals surface area contributed by atoms with Gasteiger partial charge in [0, 0.05) is 30.5 Å². The van der Waals surface area contributed by atoms with E-state index in [-0.39, 0.29) is 5.54 Å². The predicted molar refractivity (Wildman–Crippen MR) is 54.9 cm³/mol. The van der Waals surface area contributed by atoms with Crippen molar-refractivity contribution in [2.45, 2.75) is 24.8 Å². The molecular weight excluding hydrogens is 176 g/mol. The van der Waals surface area contributed by atoms with E-state index < -0.39 is 0 Å². The molecule has 1 saturated heterocycles. The lowest BCUT2D eigenvalue weighted by molar-refractivity contribution is 0.0378. The van der Waals surface area contributed by atoms with Crippen molar-refractivity contribution >= 4 is 0 Å². The van der Waals surface area contributed by atoms with Crippen LogP contribution in [0, 0.1) is 0 Å². The van der Waals surface area contributed by atoms with E-state index in [4.69, 9.17) is 10.5 Å². The summed E-state index contributed by atoms with van der Waals surface area (Å²) in [5.74, 6) is 0. The fourth-order valence-electron chi connectivity index (χ4n) is 1.88. The van der Waals surface area contributed by atoms with Crippen LogP contribution >= 0.6 is 0 Å². The molecular formula is C11H16N2O. The van der Waals surface area contributed by atoms with Crippen LogP contribution in [0.4, 0.5) is 0 Å². The van der Waals surface area contributed by atoms with Crippen molar-refractivity contribution in [1.29, 1.82) is 0 Å². The summed E-state index contributed by atoms with van der Waals surface area (Å²) in [6, 6.07) is 5.93. The van der Waals surface area contributed by atoms with Crippen molar-refractivity contribution in [3.63, 3.8) is 0 Å². The molecule has 1 aliphatic rings. The molecule has 0 bridgehead atoms. The molecule has 1 atom stereocenters. The quantitative estimate of drug-likeness (QED) is 0.764. The van der Waals surface area contributed by atoms with Gasteiger partial charge in [-0.2, -0.15) is 0 Å². The number of nitrogens with zero attached hydrogens (tertiary/aromatic N) is 1. The smallest absolute Gasteiger partial charge is 0.0650 e. The highest BCUT2D eigenvalue weighted by Gasteiger charge is 2.28. The van der Waals surface area contributed by atoms with E-state index in [0.717, 1.165) is 31.6 Å². The zero-order valence-corrected chi connectivity index (χ0v) is 8.28. The molecule has 0 radical (unpaired) electrons. The molecule has 1 fully saturated rings. The van der Waals surface area contributed by atoms with Crippen molar-refractivity contribution in [3.05, 3.63) is 30.1 Å². The molecule has 3 heteroatoms. The standard InChI is InChI=1S/C11H16N2O/c12-11(5-3-7-14-9-11)8-10-4-1-2-6-13-10/h1-2,4,6H,3,5,7-9,12H2. The van der Waals surface area contributed by atoms with Gasteiger partial charge in [-0.25, -0.2) is 0 Å². The number of pyridine rings is 1. The third-order valence-electron chi connectivity index (χ3n) is 2.61. The van der Waals surface area contributed by atoms with E-state index in [1.165, 1.54) is 0 Å². The van der Waals surface area contributed by atoms with E-state index in [1.54, 1.807) is 0 Å². The second-order valence-electron chi connectivity index (χ2n) is 4.02. The Balaban J connectivity index is 2.02. The van der Waals surface area contributed by atoms with Gasteiger partial charge in [-0.15, -0.1) is 0 Å². The lowest BCUT2D eigenvalue weighted by Gasteiger charge is -2.32. The summed E-state index contributed by atoms with van der Waals surface area (Å²) in [7, 11) is 0. The summed E-state index contributed by atoms with van der Waals surface area (Å²) >= 11 is 0. The Morgan fingerprint density at radius 2 is 2.43 bits per heavy atom. The largest absolute Gasteiger partial charge is 0.380 e. The number of aromatic nitrogens is 1. The molecule has 0 amide bonds. The van der Waals surface area contributed by atoms with Gasteiger partial charge in [0.05, 0.1) is 6.61 Å². The molecule has 0 saturated carbocycles. The predicted octanol–water partition coefficient (Wildman–Crippen LogP) is 1.13. The van der Waals surface area contributed by atoms with Crippen LogP contribution in [-0.4, -0.2) is 23.7 Å². The highest BCUT2D eigenvalue weighted by Crippen LogP contribution is 2.20. The molecule has 76 valence electrons. The molecule has 0 spiro atoms. The number of nitrogens with two attached hydrogens (primary N) is 1. The van der Waals surface area contributed by atoms with Crippen molar-refractivity contribution in [2.75, 3.05) is 13.2 Å². The van der Waals surface area contributed by atoms with Crippen LogP contribution in [0.25, 0.3) is 0 Å². The average Bonchev–Trinajstić information content (AvgIpc) is 2.19. The molecule has 1 unspecified atom stereocenters. The van der Waals surface area contributed by atoms with Gasteiger partial charge in [0.2, 0.25) is 0 Å². The molecule has 2 heterocycles. The maximum Gasteiger partial charge on any atom is 0.0650 e. The van der Waals surface area contributed by atoms with Crippen molar-refractivity contribution in [1.82, 2.24) is 4.98 Å². The maximum absolute atomic E-state index is 6.23. The lowest BCUT2D eigenvalue weighted by Crippen LogP contribution is -2.49. The topological polar surface area (TPSA) is 48.1 Å². The minimum Gasteiger partial charge on any atom is -0.380 e. The summed E-state index contributed by atoms with van der Waals surface area (Å²) in [4.78, 5) is 4.28. The van der Waals surface area contributed by atoms with Gasteiger partial charge in [0.25, 0.3) is 0 Å². The van der Waals surface area contributed by atoms with Gasteiger partial charge in [-0.1, -0.05) is 6.07 Å². The Bertz CT molecular complexity index is 281. The lowest BCUT2D eigenvalue weighted by atomic mass is 9.88. The third-order valence-corrected chi connectivity index (χ3v) is 2.61. The van der Waals surface area contributed by atoms with Gasteiger partial charge in [0.15, 0.2) is 0 Å². The Morgan fingerprint density at radius 1 is 1.50 bits per heavy atom. The highest BCUT2D eigenvalue weighted by atomic mass is 16.5. The van der Waals surface area contributed by atoms with E-state index >= 15 is 0 Å². The number of hydrogen-bond donors (Lipinski definition) is 1. The van der Waals surface area contributed by atoms with Crippen LogP contribution in [0.3, 0.4) is 0 Å². The normalized spacial score (nSPS) is 27.5. The first-order valence-electron chi connectivity index (χ1n) is 5.05. The van der Waals surface area contributed by atoms with E-state index in [9.17, 15) is 0 Å². The van der Waals surface area contributed by atoms with Crippen molar-refractivity contribution in [3.8, 4) is 0 Å². The zero-order valence-electron chi connectivity index (χ0n) is 8.28. The summed E-state index contributed by atoms with van der Waals surface area (Å²) in [6.07, 6.45) is 4.71. The summed E-state index contributed by atoms with van der Waals surface area (Å²) in [6.45, 7) is 1.50.